The van der Waals surface area contributed by atoms with Crippen LogP contribution < -0.4 is 16.9 Å². The van der Waals surface area contributed by atoms with Crippen LogP contribution in [0.2, 0.25) is 0 Å². The summed E-state index contributed by atoms with van der Waals surface area (Å²) in [6.07, 6.45) is 1.64. The monoisotopic (exact) mass is 602 g/mol. The average Bonchev–Trinajstić information content (AvgIpc) is 3.52. The van der Waals surface area contributed by atoms with Gasteiger partial charge in [-0.2, -0.15) is 31.4 Å². The largest absolute Gasteiger partial charge is 0.423 e. The molecule has 42 heavy (non-hydrogen) atoms. The Bertz CT molecular complexity index is 1570. The van der Waals surface area contributed by atoms with E-state index in [-0.39, 0.29) is 22.3 Å². The molecule has 0 atom stereocenters. The summed E-state index contributed by atoms with van der Waals surface area (Å²) in [5, 5.41) is 5.36. The fraction of sp³-hybridized carbons (Fsp3) is 0.370. The van der Waals surface area contributed by atoms with Crippen molar-refractivity contribution in [3.8, 4) is 11.4 Å². The van der Waals surface area contributed by atoms with Crippen LogP contribution in [0.3, 0.4) is 0 Å². The Morgan fingerprint density at radius 3 is 1.88 bits per heavy atom. The molecule has 3 N–H and O–H groups in total. The molecule has 0 saturated heterocycles. The van der Waals surface area contributed by atoms with Gasteiger partial charge in [0, 0.05) is 25.6 Å². The Balaban J connectivity index is 0.000000269. The zero-order valence-electron chi connectivity index (χ0n) is 22.9. The smallest absolute Gasteiger partial charge is 0.397 e. The maximum Gasteiger partial charge on any atom is 0.423 e. The molecule has 3 aromatic heterocycles. The molecule has 0 amide bonds. The third-order valence-corrected chi connectivity index (χ3v) is 5.81. The van der Waals surface area contributed by atoms with Crippen LogP contribution in [0.4, 0.5) is 36.4 Å². The lowest BCUT2D eigenvalue weighted by molar-refractivity contribution is -0.138. The number of aryl methyl sites for hydroxylation is 1. The molecular formula is C27H29F7N6O2. The summed E-state index contributed by atoms with van der Waals surface area (Å²) >= 11 is 0. The number of aromatic amines is 1. The number of alkyl halides is 6. The molecule has 0 aliphatic heterocycles. The van der Waals surface area contributed by atoms with Gasteiger partial charge in [-0.1, -0.05) is 46.0 Å². The first kappa shape index (κ1) is 33.9. The minimum atomic E-state index is -4.74. The summed E-state index contributed by atoms with van der Waals surface area (Å²) in [4.78, 5) is 29.6. The predicted molar refractivity (Wildman–Crippen MR) is 144 cm³/mol. The third kappa shape index (κ3) is 8.85. The molecule has 1 aromatic carbocycles. The molecule has 1 aliphatic rings. The number of hydrogen-bond acceptors (Lipinski definition) is 6. The summed E-state index contributed by atoms with van der Waals surface area (Å²) in [7, 11) is 1.53. The molecule has 0 spiro atoms. The van der Waals surface area contributed by atoms with Crippen molar-refractivity contribution in [2.75, 3.05) is 5.73 Å². The topological polar surface area (TPSA) is 120 Å². The van der Waals surface area contributed by atoms with Crippen LogP contribution in [0.25, 0.3) is 22.2 Å². The minimum Gasteiger partial charge on any atom is -0.397 e. The van der Waals surface area contributed by atoms with Gasteiger partial charge in [-0.15, -0.1) is 0 Å². The first-order chi connectivity index (χ1) is 19.7. The number of benzene rings is 1. The normalized spacial score (nSPS) is 12.8. The van der Waals surface area contributed by atoms with Crippen LogP contribution in [0, 0.1) is 5.82 Å². The van der Waals surface area contributed by atoms with Crippen LogP contribution in [-0.2, 0) is 19.4 Å². The molecule has 5 rings (SSSR count). The summed E-state index contributed by atoms with van der Waals surface area (Å²) in [6, 6.07) is 3.98. The molecule has 1 fully saturated rings. The van der Waals surface area contributed by atoms with Crippen molar-refractivity contribution < 1.29 is 30.7 Å². The van der Waals surface area contributed by atoms with E-state index < -0.39 is 40.5 Å². The quantitative estimate of drug-likeness (QED) is 0.240. The zero-order chi connectivity index (χ0) is 31.7. The van der Waals surface area contributed by atoms with Crippen LogP contribution in [0.5, 0.6) is 0 Å². The highest BCUT2D eigenvalue weighted by molar-refractivity contribution is 5.85. The van der Waals surface area contributed by atoms with E-state index in [1.54, 1.807) is 11.2 Å². The number of nitrogens with zero attached hydrogens (tertiary/aromatic N) is 4. The molecule has 0 unspecified atom stereocenters. The SMILES string of the molecule is C1CCCC1.CC.Cn1ccc2cc(-c3ncc(C(F)(F)F)cn3)c(F)cc2c1=O.Nc1cn[nH]c(=O)c1C(F)(F)F. The highest BCUT2D eigenvalue weighted by Crippen LogP contribution is 2.30. The van der Waals surface area contributed by atoms with Gasteiger partial charge in [0.05, 0.1) is 28.4 Å². The molecule has 0 radical (unpaired) electrons. The van der Waals surface area contributed by atoms with E-state index in [0.29, 0.717) is 17.8 Å². The average molecular weight is 603 g/mol. The van der Waals surface area contributed by atoms with Gasteiger partial charge in [-0.25, -0.2) is 19.5 Å². The van der Waals surface area contributed by atoms with Crippen molar-refractivity contribution >= 4 is 16.5 Å². The number of anilines is 1. The van der Waals surface area contributed by atoms with Gasteiger partial charge in [-0.3, -0.25) is 9.59 Å². The lowest BCUT2D eigenvalue weighted by Gasteiger charge is -2.08. The molecular weight excluding hydrogens is 573 g/mol. The van der Waals surface area contributed by atoms with E-state index in [9.17, 15) is 40.3 Å². The van der Waals surface area contributed by atoms with Gasteiger partial charge in [0.25, 0.3) is 11.1 Å². The number of aromatic nitrogens is 5. The van der Waals surface area contributed by atoms with Crippen molar-refractivity contribution in [2.24, 2.45) is 7.05 Å². The lowest BCUT2D eigenvalue weighted by atomic mass is 10.1. The zero-order valence-corrected chi connectivity index (χ0v) is 22.9. The van der Waals surface area contributed by atoms with Gasteiger partial charge in [0.1, 0.15) is 11.4 Å². The third-order valence-electron chi connectivity index (χ3n) is 5.81. The maximum absolute atomic E-state index is 14.2. The first-order valence-corrected chi connectivity index (χ1v) is 12.8. The lowest BCUT2D eigenvalue weighted by Crippen LogP contribution is -2.24. The van der Waals surface area contributed by atoms with Crippen LogP contribution in [-0.4, -0.2) is 24.7 Å². The first-order valence-electron chi connectivity index (χ1n) is 12.8. The molecule has 3 heterocycles. The summed E-state index contributed by atoms with van der Waals surface area (Å²) in [6.45, 7) is 4.00. The van der Waals surface area contributed by atoms with E-state index in [2.05, 4.69) is 15.1 Å². The van der Waals surface area contributed by atoms with E-state index in [4.69, 9.17) is 5.73 Å². The highest BCUT2D eigenvalue weighted by Gasteiger charge is 2.36. The Labute approximate surface area is 235 Å². The van der Waals surface area contributed by atoms with E-state index in [1.807, 2.05) is 13.8 Å². The van der Waals surface area contributed by atoms with E-state index in [0.717, 1.165) is 12.3 Å². The number of nitrogens with two attached hydrogens (primary N) is 1. The second-order valence-electron chi connectivity index (χ2n) is 8.74. The number of halogens is 7. The predicted octanol–water partition coefficient (Wildman–Crippen LogP) is 6.50. The number of nitrogens with one attached hydrogen (secondary N) is 1. The second-order valence-corrected chi connectivity index (χ2v) is 8.74. The van der Waals surface area contributed by atoms with Crippen LogP contribution in [0.15, 0.2) is 52.6 Å². The Hall–Kier alpha value is -4.30. The van der Waals surface area contributed by atoms with Crippen molar-refractivity contribution in [3.63, 3.8) is 0 Å². The summed E-state index contributed by atoms with van der Waals surface area (Å²) in [5.74, 6) is -0.960. The minimum absolute atomic E-state index is 0.0699. The number of H-pyrrole nitrogens is 1. The fourth-order valence-corrected chi connectivity index (χ4v) is 3.74. The molecule has 0 bridgehead atoms. The Kier molecular flexibility index (Phi) is 11.7. The van der Waals surface area contributed by atoms with Crippen molar-refractivity contribution in [2.45, 2.75) is 58.3 Å². The highest BCUT2D eigenvalue weighted by atomic mass is 19.4. The maximum atomic E-state index is 14.2. The Morgan fingerprint density at radius 2 is 1.43 bits per heavy atom. The summed E-state index contributed by atoms with van der Waals surface area (Å²) in [5.41, 5.74) is 0.0331. The molecule has 228 valence electrons. The number of nitrogen functional groups attached to an aromatic ring is 1. The summed E-state index contributed by atoms with van der Waals surface area (Å²) < 4.78 is 89.0. The van der Waals surface area contributed by atoms with Crippen molar-refractivity contribution in [3.05, 3.63) is 80.6 Å². The molecule has 1 aliphatic carbocycles. The van der Waals surface area contributed by atoms with Gasteiger partial charge >= 0.3 is 12.4 Å². The van der Waals surface area contributed by atoms with Crippen molar-refractivity contribution in [1.29, 1.82) is 0 Å². The van der Waals surface area contributed by atoms with Gasteiger partial charge in [-0.05, 0) is 23.6 Å². The van der Waals surface area contributed by atoms with Crippen LogP contribution in [0.1, 0.15) is 57.1 Å². The van der Waals surface area contributed by atoms with Gasteiger partial charge in [0.15, 0.2) is 5.82 Å². The van der Waals surface area contributed by atoms with Gasteiger partial charge < -0.3 is 10.3 Å². The molecule has 8 nitrogen and oxygen atoms in total. The standard InChI is InChI=1S/C15H9F4N3O.C5H4F3N3O.C5H10.C2H6/c1-22-3-2-8-4-11(12(16)5-10(8)14(22)23)13-20-6-9(7-21-13)15(17,18)19;6-5(7,8)3-2(9)1-10-11-4(3)12;1-2-4-5-3-1;1-2/h2-7H,1H3;1H,(H3,9,11,12);1-5H2;1-2H3. The van der Waals surface area contributed by atoms with Crippen molar-refractivity contribution in [1.82, 2.24) is 24.7 Å². The number of hydrogen-bond donors (Lipinski definition) is 2. The second kappa shape index (κ2) is 14.5. The molecule has 15 heteroatoms. The van der Waals surface area contributed by atoms with E-state index in [1.165, 1.54) is 56.0 Å². The number of rotatable bonds is 1. The molecule has 4 aromatic rings. The number of pyridine rings is 1. The van der Waals surface area contributed by atoms with E-state index >= 15 is 0 Å². The fourth-order valence-electron chi connectivity index (χ4n) is 3.74. The van der Waals surface area contributed by atoms with Gasteiger partial charge in [0.2, 0.25) is 0 Å². The molecule has 1 saturated carbocycles. The Morgan fingerprint density at radius 1 is 0.881 bits per heavy atom. The number of fused-ring (bicyclic) bond motifs is 1. The van der Waals surface area contributed by atoms with Crippen LogP contribution >= 0.6 is 0 Å².